The van der Waals surface area contributed by atoms with Gasteiger partial charge in [-0.25, -0.2) is 4.79 Å². The molecule has 22 heavy (non-hydrogen) atoms. The summed E-state index contributed by atoms with van der Waals surface area (Å²) < 4.78 is 0. The molecule has 2 aromatic rings. The van der Waals surface area contributed by atoms with Gasteiger partial charge in [0.1, 0.15) is 0 Å². The molecular weight excluding hydrogens is 306 g/mol. The second-order valence-corrected chi connectivity index (χ2v) is 5.16. The normalized spacial score (nSPS) is 10.1. The monoisotopic (exact) mass is 319 g/mol. The fourth-order valence-corrected chi connectivity index (χ4v) is 2.11. The van der Waals surface area contributed by atoms with Gasteiger partial charge in [0.05, 0.1) is 4.92 Å². The van der Waals surface area contributed by atoms with E-state index in [0.717, 1.165) is 5.56 Å². The molecule has 0 fully saturated rings. The van der Waals surface area contributed by atoms with Crippen LogP contribution in [0.1, 0.15) is 5.56 Å². The highest BCUT2D eigenvalue weighted by Gasteiger charge is 2.12. The zero-order valence-electron chi connectivity index (χ0n) is 11.8. The maximum atomic E-state index is 12.1. The summed E-state index contributed by atoms with van der Waals surface area (Å²) >= 11 is 5.90. The van der Waals surface area contributed by atoms with E-state index in [2.05, 4.69) is 5.32 Å². The molecule has 2 rings (SSSR count). The van der Waals surface area contributed by atoms with Crippen molar-refractivity contribution in [2.45, 2.75) is 6.54 Å². The average Bonchev–Trinajstić information content (AvgIpc) is 2.47. The van der Waals surface area contributed by atoms with Crippen LogP contribution in [0.2, 0.25) is 5.02 Å². The predicted octanol–water partition coefficient (Wildman–Crippen LogP) is 3.91. The van der Waals surface area contributed by atoms with Gasteiger partial charge >= 0.3 is 6.03 Å². The average molecular weight is 320 g/mol. The predicted molar refractivity (Wildman–Crippen MR) is 85.0 cm³/mol. The van der Waals surface area contributed by atoms with Crippen molar-refractivity contribution in [3.8, 4) is 0 Å². The number of hydrogen-bond acceptors (Lipinski definition) is 3. The van der Waals surface area contributed by atoms with Crippen molar-refractivity contribution in [3.05, 3.63) is 69.2 Å². The molecule has 2 aromatic carbocycles. The lowest BCUT2D eigenvalue weighted by molar-refractivity contribution is -0.384. The maximum Gasteiger partial charge on any atom is 0.321 e. The third-order valence-electron chi connectivity index (χ3n) is 2.96. The second kappa shape index (κ2) is 6.91. The molecule has 6 nitrogen and oxygen atoms in total. The van der Waals surface area contributed by atoms with Crippen LogP contribution in [0, 0.1) is 10.1 Å². The summed E-state index contributed by atoms with van der Waals surface area (Å²) in [6.07, 6.45) is 0. The third kappa shape index (κ3) is 4.20. The van der Waals surface area contributed by atoms with Gasteiger partial charge in [0, 0.05) is 36.4 Å². The highest BCUT2D eigenvalue weighted by molar-refractivity contribution is 6.30. The van der Waals surface area contributed by atoms with E-state index in [1.807, 2.05) is 12.1 Å². The standard InChI is InChI=1S/C15H14ClN3O3/c1-18(10-11-4-2-5-12(16)8-11)15(20)17-13-6-3-7-14(9-13)19(21)22/h2-9H,10H2,1H3,(H,17,20). The topological polar surface area (TPSA) is 75.5 Å². The van der Waals surface area contributed by atoms with E-state index in [-0.39, 0.29) is 11.7 Å². The van der Waals surface area contributed by atoms with Crippen LogP contribution in [0.15, 0.2) is 48.5 Å². The first-order valence-electron chi connectivity index (χ1n) is 6.47. The Labute approximate surface area is 132 Å². The van der Waals surface area contributed by atoms with E-state index >= 15 is 0 Å². The van der Waals surface area contributed by atoms with Crippen LogP contribution in [0.25, 0.3) is 0 Å². The second-order valence-electron chi connectivity index (χ2n) is 4.72. The molecule has 7 heteroatoms. The number of nitrogens with one attached hydrogen (secondary N) is 1. The largest absolute Gasteiger partial charge is 0.323 e. The van der Waals surface area contributed by atoms with Crippen LogP contribution in [0.5, 0.6) is 0 Å². The van der Waals surface area contributed by atoms with Gasteiger partial charge < -0.3 is 10.2 Å². The van der Waals surface area contributed by atoms with Crippen LogP contribution in [0.4, 0.5) is 16.2 Å². The fraction of sp³-hybridized carbons (Fsp3) is 0.133. The first kappa shape index (κ1) is 15.8. The molecule has 1 N–H and O–H groups in total. The zero-order valence-corrected chi connectivity index (χ0v) is 12.6. The number of carbonyl (C=O) groups is 1. The molecule has 0 saturated carbocycles. The number of benzene rings is 2. The van der Waals surface area contributed by atoms with Crippen molar-refractivity contribution >= 4 is 29.0 Å². The number of nitrogens with zero attached hydrogens (tertiary/aromatic N) is 2. The third-order valence-corrected chi connectivity index (χ3v) is 3.20. The number of rotatable bonds is 4. The number of halogens is 1. The molecule has 0 heterocycles. The molecule has 0 aromatic heterocycles. The summed E-state index contributed by atoms with van der Waals surface area (Å²) in [6.45, 7) is 0.376. The minimum Gasteiger partial charge on any atom is -0.323 e. The van der Waals surface area contributed by atoms with Crippen molar-refractivity contribution < 1.29 is 9.72 Å². The molecule has 0 aliphatic carbocycles. The quantitative estimate of drug-likeness (QED) is 0.685. The number of anilines is 1. The van der Waals surface area contributed by atoms with Crippen LogP contribution < -0.4 is 5.32 Å². The summed E-state index contributed by atoms with van der Waals surface area (Å²) in [7, 11) is 1.63. The summed E-state index contributed by atoms with van der Waals surface area (Å²) in [6, 6.07) is 12.6. The van der Waals surface area contributed by atoms with Crippen molar-refractivity contribution in [2.75, 3.05) is 12.4 Å². The maximum absolute atomic E-state index is 12.1. The number of hydrogen-bond donors (Lipinski definition) is 1. The highest BCUT2D eigenvalue weighted by atomic mass is 35.5. The molecule has 0 spiro atoms. The van der Waals surface area contributed by atoms with Gasteiger partial charge in [0.2, 0.25) is 0 Å². The molecule has 114 valence electrons. The molecule has 2 amide bonds. The lowest BCUT2D eigenvalue weighted by Crippen LogP contribution is -2.30. The number of urea groups is 1. The Bertz CT molecular complexity index is 706. The molecule has 0 aliphatic rings. The molecule has 0 aliphatic heterocycles. The molecule has 0 atom stereocenters. The van der Waals surface area contributed by atoms with Crippen LogP contribution >= 0.6 is 11.6 Å². The molecule has 0 saturated heterocycles. The summed E-state index contributed by atoms with van der Waals surface area (Å²) in [5.41, 5.74) is 1.19. The summed E-state index contributed by atoms with van der Waals surface area (Å²) in [4.78, 5) is 23.8. The Morgan fingerprint density at radius 2 is 2.00 bits per heavy atom. The van der Waals surface area contributed by atoms with Gasteiger partial charge in [-0.05, 0) is 23.8 Å². The Balaban J connectivity index is 2.02. The van der Waals surface area contributed by atoms with Gasteiger partial charge in [0.25, 0.3) is 5.69 Å². The van der Waals surface area contributed by atoms with E-state index in [1.54, 1.807) is 25.2 Å². The Morgan fingerprint density at radius 1 is 1.27 bits per heavy atom. The Kier molecular flexibility index (Phi) is 4.95. The van der Waals surface area contributed by atoms with E-state index in [1.165, 1.54) is 23.1 Å². The van der Waals surface area contributed by atoms with Gasteiger partial charge in [-0.1, -0.05) is 29.8 Å². The van der Waals surface area contributed by atoms with Crippen LogP contribution in [-0.4, -0.2) is 22.9 Å². The molecular formula is C15H14ClN3O3. The minimum atomic E-state index is -0.509. The minimum absolute atomic E-state index is 0.0738. The van der Waals surface area contributed by atoms with E-state index in [0.29, 0.717) is 17.3 Å². The van der Waals surface area contributed by atoms with Crippen molar-refractivity contribution in [2.24, 2.45) is 0 Å². The van der Waals surface area contributed by atoms with E-state index < -0.39 is 4.92 Å². The van der Waals surface area contributed by atoms with Gasteiger partial charge in [-0.3, -0.25) is 10.1 Å². The van der Waals surface area contributed by atoms with E-state index in [4.69, 9.17) is 11.6 Å². The highest BCUT2D eigenvalue weighted by Crippen LogP contribution is 2.18. The number of nitro groups is 1. The lowest BCUT2D eigenvalue weighted by Gasteiger charge is -2.18. The van der Waals surface area contributed by atoms with Crippen molar-refractivity contribution in [1.82, 2.24) is 4.90 Å². The SMILES string of the molecule is CN(Cc1cccc(Cl)c1)C(=O)Nc1cccc([N+](=O)[O-])c1. The Hall–Kier alpha value is -2.60. The zero-order chi connectivity index (χ0) is 16.1. The van der Waals surface area contributed by atoms with Crippen LogP contribution in [-0.2, 0) is 6.54 Å². The number of non-ortho nitro benzene ring substituents is 1. The summed E-state index contributed by atoms with van der Waals surface area (Å²) in [5.74, 6) is 0. The number of nitro benzene ring substituents is 1. The molecule has 0 unspecified atom stereocenters. The van der Waals surface area contributed by atoms with E-state index in [9.17, 15) is 14.9 Å². The number of carbonyl (C=O) groups excluding carboxylic acids is 1. The summed E-state index contributed by atoms with van der Waals surface area (Å²) in [5, 5.41) is 13.9. The van der Waals surface area contributed by atoms with Gasteiger partial charge in [0.15, 0.2) is 0 Å². The van der Waals surface area contributed by atoms with Gasteiger partial charge in [-0.2, -0.15) is 0 Å². The number of amides is 2. The lowest BCUT2D eigenvalue weighted by atomic mass is 10.2. The first-order valence-corrected chi connectivity index (χ1v) is 6.84. The first-order chi connectivity index (χ1) is 10.5. The van der Waals surface area contributed by atoms with Crippen molar-refractivity contribution in [1.29, 1.82) is 0 Å². The Morgan fingerprint density at radius 3 is 2.68 bits per heavy atom. The smallest absolute Gasteiger partial charge is 0.321 e. The van der Waals surface area contributed by atoms with Gasteiger partial charge in [-0.15, -0.1) is 0 Å². The fourth-order valence-electron chi connectivity index (χ4n) is 1.90. The molecule has 0 radical (unpaired) electrons. The van der Waals surface area contributed by atoms with Crippen molar-refractivity contribution in [3.63, 3.8) is 0 Å². The van der Waals surface area contributed by atoms with Crippen LogP contribution in [0.3, 0.4) is 0 Å². The molecule has 0 bridgehead atoms.